The highest BCUT2D eigenvalue weighted by Gasteiger charge is 2.24. The van der Waals surface area contributed by atoms with E-state index in [1.54, 1.807) is 0 Å². The summed E-state index contributed by atoms with van der Waals surface area (Å²) in [6, 6.07) is 9.03. The number of benzene rings is 1. The summed E-state index contributed by atoms with van der Waals surface area (Å²) in [4.78, 5) is 7.28. The molecular formula is C13H19BrN2O. The van der Waals surface area contributed by atoms with Gasteiger partial charge in [0.2, 0.25) is 0 Å². The van der Waals surface area contributed by atoms with Crippen molar-refractivity contribution in [2.24, 2.45) is 5.90 Å². The van der Waals surface area contributed by atoms with Gasteiger partial charge in [-0.1, -0.05) is 22.0 Å². The van der Waals surface area contributed by atoms with Gasteiger partial charge >= 0.3 is 0 Å². The van der Waals surface area contributed by atoms with Crippen molar-refractivity contribution in [1.82, 2.24) is 0 Å². The van der Waals surface area contributed by atoms with Gasteiger partial charge in [-0.15, -0.1) is 0 Å². The third kappa shape index (κ3) is 3.21. The second-order valence-corrected chi connectivity index (χ2v) is 5.57. The van der Waals surface area contributed by atoms with Crippen LogP contribution in [0.5, 0.6) is 0 Å². The van der Waals surface area contributed by atoms with E-state index in [0.717, 1.165) is 30.2 Å². The molecule has 2 rings (SSSR count). The number of nitrogens with zero attached hydrogens (tertiary/aromatic N) is 1. The number of hydrogen-bond donors (Lipinski definition) is 1. The van der Waals surface area contributed by atoms with E-state index in [-0.39, 0.29) is 6.10 Å². The van der Waals surface area contributed by atoms with Crippen molar-refractivity contribution >= 4 is 21.6 Å². The summed E-state index contributed by atoms with van der Waals surface area (Å²) in [6.45, 7) is 0. The molecule has 0 spiro atoms. The van der Waals surface area contributed by atoms with Crippen LogP contribution in [0.15, 0.2) is 28.7 Å². The molecule has 1 aromatic rings. The molecule has 0 atom stereocenters. The lowest BCUT2D eigenvalue weighted by Crippen LogP contribution is -2.37. The van der Waals surface area contributed by atoms with Gasteiger partial charge < -0.3 is 9.74 Å². The monoisotopic (exact) mass is 298 g/mol. The fourth-order valence-electron chi connectivity index (χ4n) is 2.47. The highest BCUT2D eigenvalue weighted by atomic mass is 79.9. The smallest absolute Gasteiger partial charge is 0.0789 e. The Morgan fingerprint density at radius 3 is 2.59 bits per heavy atom. The van der Waals surface area contributed by atoms with E-state index in [1.807, 2.05) is 0 Å². The first-order valence-electron chi connectivity index (χ1n) is 6.04. The van der Waals surface area contributed by atoms with Crippen molar-refractivity contribution in [3.05, 3.63) is 28.7 Å². The van der Waals surface area contributed by atoms with Crippen LogP contribution < -0.4 is 10.8 Å². The molecule has 0 aromatic heterocycles. The minimum atomic E-state index is 0.252. The zero-order chi connectivity index (χ0) is 12.3. The van der Waals surface area contributed by atoms with Gasteiger partial charge in [0.25, 0.3) is 0 Å². The van der Waals surface area contributed by atoms with Crippen LogP contribution in [-0.4, -0.2) is 19.2 Å². The van der Waals surface area contributed by atoms with E-state index in [1.165, 1.54) is 5.69 Å². The van der Waals surface area contributed by atoms with Crippen molar-refractivity contribution in [3.8, 4) is 0 Å². The number of halogens is 1. The Kier molecular flexibility index (Phi) is 4.42. The summed E-state index contributed by atoms with van der Waals surface area (Å²) >= 11 is 3.51. The lowest BCUT2D eigenvalue weighted by atomic mass is 9.92. The van der Waals surface area contributed by atoms with Gasteiger partial charge in [-0.3, -0.25) is 0 Å². The third-order valence-corrected chi connectivity index (χ3v) is 4.09. The molecule has 94 valence electrons. The van der Waals surface area contributed by atoms with Crippen LogP contribution in [0.2, 0.25) is 0 Å². The van der Waals surface area contributed by atoms with Crippen LogP contribution in [0.3, 0.4) is 0 Å². The van der Waals surface area contributed by atoms with Gasteiger partial charge in [0.15, 0.2) is 0 Å². The van der Waals surface area contributed by atoms with Crippen LogP contribution >= 0.6 is 15.9 Å². The largest absolute Gasteiger partial charge is 0.372 e. The highest BCUT2D eigenvalue weighted by Crippen LogP contribution is 2.28. The molecule has 1 aromatic carbocycles. The van der Waals surface area contributed by atoms with E-state index in [0.29, 0.717) is 6.04 Å². The average Bonchev–Trinajstić information content (AvgIpc) is 2.38. The lowest BCUT2D eigenvalue weighted by molar-refractivity contribution is 0.0243. The van der Waals surface area contributed by atoms with Crippen molar-refractivity contribution in [2.45, 2.75) is 37.8 Å². The maximum Gasteiger partial charge on any atom is 0.0789 e. The van der Waals surface area contributed by atoms with Crippen molar-refractivity contribution in [2.75, 3.05) is 11.9 Å². The predicted octanol–water partition coefficient (Wildman–Crippen LogP) is 3.09. The Balaban J connectivity index is 1.99. The Hall–Kier alpha value is -0.580. The number of nitrogens with two attached hydrogens (primary N) is 1. The second-order valence-electron chi connectivity index (χ2n) is 4.66. The zero-order valence-corrected chi connectivity index (χ0v) is 11.7. The summed E-state index contributed by atoms with van der Waals surface area (Å²) in [5.74, 6) is 5.24. The molecule has 1 aliphatic rings. The van der Waals surface area contributed by atoms with Crippen molar-refractivity contribution < 1.29 is 4.84 Å². The molecular weight excluding hydrogens is 280 g/mol. The Labute approximate surface area is 111 Å². The molecule has 0 heterocycles. The van der Waals surface area contributed by atoms with E-state index >= 15 is 0 Å². The topological polar surface area (TPSA) is 38.5 Å². The summed E-state index contributed by atoms with van der Waals surface area (Å²) in [6.07, 6.45) is 4.65. The summed E-state index contributed by atoms with van der Waals surface area (Å²) in [5.41, 5.74) is 1.26. The number of hydrogen-bond acceptors (Lipinski definition) is 3. The maximum atomic E-state index is 5.24. The van der Waals surface area contributed by atoms with E-state index < -0.39 is 0 Å². The van der Waals surface area contributed by atoms with Gasteiger partial charge in [-0.25, -0.2) is 5.90 Å². The molecule has 0 radical (unpaired) electrons. The maximum absolute atomic E-state index is 5.24. The number of rotatable bonds is 3. The molecule has 0 unspecified atom stereocenters. The zero-order valence-electron chi connectivity index (χ0n) is 10.1. The van der Waals surface area contributed by atoms with Gasteiger partial charge in [0.05, 0.1) is 6.10 Å². The molecule has 2 N–H and O–H groups in total. The minimum Gasteiger partial charge on any atom is -0.372 e. The van der Waals surface area contributed by atoms with E-state index in [4.69, 9.17) is 10.7 Å². The fourth-order valence-corrected chi connectivity index (χ4v) is 2.86. The van der Waals surface area contributed by atoms with Gasteiger partial charge in [0, 0.05) is 23.2 Å². The Morgan fingerprint density at radius 2 is 2.00 bits per heavy atom. The van der Waals surface area contributed by atoms with Crippen LogP contribution in [0.1, 0.15) is 25.7 Å². The van der Waals surface area contributed by atoms with Gasteiger partial charge in [-0.05, 0) is 43.9 Å². The summed E-state index contributed by atoms with van der Waals surface area (Å²) in [5, 5.41) is 0. The molecule has 0 bridgehead atoms. The standard InChI is InChI=1S/C13H19BrN2O/c1-16(12-4-2-3-10(14)9-12)11-5-7-13(17-15)8-6-11/h2-4,9,11,13H,5-8,15H2,1H3. The normalized spacial score (nSPS) is 24.6. The molecule has 3 nitrogen and oxygen atoms in total. The highest BCUT2D eigenvalue weighted by molar-refractivity contribution is 9.10. The molecule has 17 heavy (non-hydrogen) atoms. The Bertz CT molecular complexity index is 364. The van der Waals surface area contributed by atoms with Gasteiger partial charge in [0.1, 0.15) is 0 Å². The van der Waals surface area contributed by atoms with E-state index in [9.17, 15) is 0 Å². The SMILES string of the molecule is CN(c1cccc(Br)c1)C1CCC(ON)CC1. The van der Waals surface area contributed by atoms with Gasteiger partial charge in [-0.2, -0.15) is 0 Å². The minimum absolute atomic E-state index is 0.252. The first kappa shape index (κ1) is 12.9. The first-order chi connectivity index (χ1) is 8.20. The second kappa shape index (κ2) is 5.85. The third-order valence-electron chi connectivity index (χ3n) is 3.60. The molecule has 1 aliphatic carbocycles. The van der Waals surface area contributed by atoms with E-state index in [2.05, 4.69) is 52.1 Å². The lowest BCUT2D eigenvalue weighted by Gasteiger charge is -2.35. The fraction of sp³-hybridized carbons (Fsp3) is 0.538. The summed E-state index contributed by atoms with van der Waals surface area (Å²) < 4.78 is 1.13. The quantitative estimate of drug-likeness (QED) is 0.872. The molecule has 4 heteroatoms. The molecule has 0 amide bonds. The van der Waals surface area contributed by atoms with Crippen LogP contribution in [-0.2, 0) is 4.84 Å². The van der Waals surface area contributed by atoms with Crippen LogP contribution in [0.4, 0.5) is 5.69 Å². The van der Waals surface area contributed by atoms with Crippen molar-refractivity contribution in [3.63, 3.8) is 0 Å². The summed E-state index contributed by atoms with van der Waals surface area (Å²) in [7, 11) is 2.16. The Morgan fingerprint density at radius 1 is 1.29 bits per heavy atom. The molecule has 1 saturated carbocycles. The van der Waals surface area contributed by atoms with Crippen molar-refractivity contribution in [1.29, 1.82) is 0 Å². The van der Waals surface area contributed by atoms with Crippen LogP contribution in [0, 0.1) is 0 Å². The molecule has 1 fully saturated rings. The molecule has 0 aliphatic heterocycles. The van der Waals surface area contributed by atoms with Crippen LogP contribution in [0.25, 0.3) is 0 Å². The number of anilines is 1. The predicted molar refractivity (Wildman–Crippen MR) is 73.9 cm³/mol. The first-order valence-corrected chi connectivity index (χ1v) is 6.84. The molecule has 0 saturated heterocycles. The average molecular weight is 299 g/mol.